The minimum absolute atomic E-state index is 0.0763. The van der Waals surface area contributed by atoms with E-state index in [1.165, 1.54) is 24.2 Å². The molecule has 1 N–H and O–H groups in total. The third-order valence-electron chi connectivity index (χ3n) is 12.3. The molecule has 0 aromatic heterocycles. The molecule has 5 aromatic carbocycles. The second-order valence-electron chi connectivity index (χ2n) is 15.0. The first-order chi connectivity index (χ1) is 27.2. The molecule has 0 spiro atoms. The molecule has 276 valence electrons. The van der Waals surface area contributed by atoms with Gasteiger partial charge in [-0.2, -0.15) is 0 Å². The van der Waals surface area contributed by atoms with Gasteiger partial charge in [0.1, 0.15) is 0 Å². The number of carbonyl (C=O) groups excluding carboxylic acids is 5. The molecular weight excluding hydrogens is 703 g/mol. The van der Waals surface area contributed by atoms with Crippen LogP contribution < -0.4 is 9.64 Å². The number of aromatic hydroxyl groups is 1. The van der Waals surface area contributed by atoms with Crippen LogP contribution in [0.5, 0.6) is 11.5 Å². The first kappa shape index (κ1) is 35.1. The average molecular weight is 740 g/mol. The van der Waals surface area contributed by atoms with Gasteiger partial charge >= 0.3 is 0 Å². The zero-order chi connectivity index (χ0) is 38.7. The Hall–Kier alpha value is -6.67. The van der Waals surface area contributed by atoms with Crippen LogP contribution in [0.3, 0.4) is 0 Å². The first-order valence-corrected chi connectivity index (χ1v) is 18.8. The van der Waals surface area contributed by atoms with Crippen LogP contribution in [0.4, 0.5) is 5.69 Å². The van der Waals surface area contributed by atoms with E-state index < -0.39 is 35.0 Å². The molecule has 1 saturated carbocycles. The lowest BCUT2D eigenvalue weighted by Crippen LogP contribution is -2.58. The number of benzene rings is 5. The molecule has 1 heterocycles. The van der Waals surface area contributed by atoms with E-state index in [-0.39, 0.29) is 53.5 Å². The molecule has 5 aromatic rings. The Morgan fingerprint density at radius 1 is 0.750 bits per heavy atom. The molecule has 0 radical (unpaired) electrons. The van der Waals surface area contributed by atoms with Crippen molar-refractivity contribution in [3.8, 4) is 11.5 Å². The number of allylic oxidation sites excluding steroid dienone is 4. The number of hydrogen-bond acceptors (Lipinski definition) is 7. The number of anilines is 1. The standard InChI is InChI=1S/C48H37NO7/c1-56-40-25-31(19-24-39(40)50)43-34-22-23-35-42(47(55)49(46(35)54)33-20-17-30(18-21-33)44(52)29-13-7-3-8-14-29)37(34)26-38-45(53)36(28-11-5-2-6-12-28)27-41(51)48(38,43)32-15-9-4-10-16-32/h2-22,24-25,27,35,37-38,42-43,50H,23,26H2,1H3. The Bertz CT molecular complexity index is 2490. The Labute approximate surface area is 323 Å². The third-order valence-corrected chi connectivity index (χ3v) is 12.3. The number of methoxy groups -OCH3 is 1. The highest BCUT2D eigenvalue weighted by Gasteiger charge is 2.66. The number of ether oxygens (including phenoxy) is 1. The maximum atomic E-state index is 15.2. The van der Waals surface area contributed by atoms with E-state index >= 15 is 9.59 Å². The third kappa shape index (κ3) is 5.23. The van der Waals surface area contributed by atoms with E-state index in [9.17, 15) is 19.5 Å². The zero-order valence-electron chi connectivity index (χ0n) is 30.5. The van der Waals surface area contributed by atoms with Crippen molar-refractivity contribution >= 4 is 40.4 Å². The summed E-state index contributed by atoms with van der Waals surface area (Å²) in [5.41, 5.74) is 3.00. The Morgan fingerprint density at radius 3 is 2.07 bits per heavy atom. The topological polar surface area (TPSA) is 118 Å². The molecule has 56 heavy (non-hydrogen) atoms. The number of phenolic OH excluding ortho intramolecular Hbond substituents is 1. The Kier molecular flexibility index (Phi) is 8.49. The van der Waals surface area contributed by atoms with E-state index in [0.717, 1.165) is 5.57 Å². The molecule has 8 heteroatoms. The predicted molar refractivity (Wildman–Crippen MR) is 210 cm³/mol. The van der Waals surface area contributed by atoms with Crippen molar-refractivity contribution < 1.29 is 33.8 Å². The summed E-state index contributed by atoms with van der Waals surface area (Å²) in [7, 11) is 1.45. The number of fused-ring (bicyclic) bond motifs is 4. The normalized spacial score (nSPS) is 25.4. The van der Waals surface area contributed by atoms with Gasteiger partial charge in [0.25, 0.3) is 0 Å². The van der Waals surface area contributed by atoms with Gasteiger partial charge in [0.05, 0.1) is 30.0 Å². The SMILES string of the molecule is COc1cc(C2C3=CCC4C(=O)N(c5ccc(C(=O)c6ccccc6)cc5)C(=O)C4C3CC3C(=O)C(c4ccccc4)=CC(=O)C32c2ccccc2)ccc1O. The van der Waals surface area contributed by atoms with Gasteiger partial charge in [-0.15, -0.1) is 0 Å². The number of Topliss-reactive ketones (excluding diaryl/α,β-unsaturated/α-hetero) is 1. The summed E-state index contributed by atoms with van der Waals surface area (Å²) in [5, 5.41) is 10.7. The minimum Gasteiger partial charge on any atom is -0.504 e. The Balaban J connectivity index is 1.18. The number of carbonyl (C=O) groups is 5. The monoisotopic (exact) mass is 739 g/mol. The summed E-state index contributed by atoms with van der Waals surface area (Å²) in [6.45, 7) is 0. The van der Waals surface area contributed by atoms with Crippen molar-refractivity contribution in [2.24, 2.45) is 23.7 Å². The minimum atomic E-state index is -1.40. The van der Waals surface area contributed by atoms with E-state index in [2.05, 4.69) is 0 Å². The van der Waals surface area contributed by atoms with Crippen LogP contribution in [0, 0.1) is 23.7 Å². The van der Waals surface area contributed by atoms with E-state index in [4.69, 9.17) is 4.74 Å². The number of ketones is 3. The number of hydrogen-bond donors (Lipinski definition) is 1. The van der Waals surface area contributed by atoms with Crippen LogP contribution in [-0.4, -0.2) is 41.4 Å². The maximum absolute atomic E-state index is 15.2. The first-order valence-electron chi connectivity index (χ1n) is 18.8. The van der Waals surface area contributed by atoms with Crippen molar-refractivity contribution in [3.63, 3.8) is 0 Å². The van der Waals surface area contributed by atoms with Crippen LogP contribution in [-0.2, 0) is 24.6 Å². The highest BCUT2D eigenvalue weighted by Crippen LogP contribution is 2.64. The Morgan fingerprint density at radius 2 is 1.39 bits per heavy atom. The van der Waals surface area contributed by atoms with Crippen molar-refractivity contribution in [2.75, 3.05) is 12.0 Å². The average Bonchev–Trinajstić information content (AvgIpc) is 3.50. The second-order valence-corrected chi connectivity index (χ2v) is 15.0. The second kappa shape index (κ2) is 13.6. The fourth-order valence-electron chi connectivity index (χ4n) is 9.90. The van der Waals surface area contributed by atoms with E-state index in [1.54, 1.807) is 60.7 Å². The summed E-state index contributed by atoms with van der Waals surface area (Å²) < 4.78 is 5.56. The van der Waals surface area contributed by atoms with Crippen LogP contribution in [0.25, 0.3) is 5.57 Å². The summed E-state index contributed by atoms with van der Waals surface area (Å²) in [5.74, 6) is -4.86. The molecule has 2 fully saturated rings. The number of amides is 2. The van der Waals surface area contributed by atoms with Gasteiger partial charge < -0.3 is 9.84 Å². The van der Waals surface area contributed by atoms with Crippen LogP contribution in [0.2, 0.25) is 0 Å². The zero-order valence-corrected chi connectivity index (χ0v) is 30.5. The quantitative estimate of drug-likeness (QED) is 0.104. The molecule has 6 atom stereocenters. The summed E-state index contributed by atoms with van der Waals surface area (Å²) in [6, 6.07) is 38.9. The van der Waals surface area contributed by atoms with Crippen LogP contribution in [0.1, 0.15) is 51.4 Å². The number of phenols is 1. The highest BCUT2D eigenvalue weighted by molar-refractivity contribution is 6.32. The molecular formula is C48H37NO7. The van der Waals surface area contributed by atoms with Crippen molar-refractivity contribution in [1.82, 2.24) is 0 Å². The van der Waals surface area contributed by atoms with Crippen molar-refractivity contribution in [1.29, 1.82) is 0 Å². The number of imide groups is 1. The van der Waals surface area contributed by atoms with Gasteiger partial charge in [-0.25, -0.2) is 0 Å². The van der Waals surface area contributed by atoms with Crippen LogP contribution >= 0.6 is 0 Å². The molecule has 1 saturated heterocycles. The molecule has 8 nitrogen and oxygen atoms in total. The summed E-state index contributed by atoms with van der Waals surface area (Å²) in [4.78, 5) is 73.8. The molecule has 4 aliphatic rings. The van der Waals surface area contributed by atoms with Crippen molar-refractivity contribution in [2.45, 2.75) is 24.2 Å². The molecule has 0 bridgehead atoms. The van der Waals surface area contributed by atoms with Gasteiger partial charge in [-0.05, 0) is 77.9 Å². The largest absolute Gasteiger partial charge is 0.504 e. The molecule has 9 rings (SSSR count). The summed E-state index contributed by atoms with van der Waals surface area (Å²) >= 11 is 0. The molecule has 1 aliphatic heterocycles. The van der Waals surface area contributed by atoms with Gasteiger partial charge in [0, 0.05) is 28.5 Å². The fraction of sp³-hybridized carbons (Fsp3) is 0.188. The fourth-order valence-corrected chi connectivity index (χ4v) is 9.90. The van der Waals surface area contributed by atoms with Gasteiger partial charge in [0.2, 0.25) is 11.8 Å². The smallest absolute Gasteiger partial charge is 0.238 e. The lowest BCUT2D eigenvalue weighted by atomic mass is 9.44. The molecule has 6 unspecified atom stereocenters. The lowest BCUT2D eigenvalue weighted by Gasteiger charge is -2.55. The van der Waals surface area contributed by atoms with Crippen molar-refractivity contribution in [3.05, 3.63) is 179 Å². The molecule has 3 aliphatic carbocycles. The summed E-state index contributed by atoms with van der Waals surface area (Å²) in [6.07, 6.45) is 3.91. The van der Waals surface area contributed by atoms with E-state index in [0.29, 0.717) is 39.1 Å². The number of nitrogens with zero attached hydrogens (tertiary/aromatic N) is 1. The predicted octanol–water partition coefficient (Wildman–Crippen LogP) is 7.66. The number of rotatable bonds is 7. The molecule has 2 amide bonds. The highest BCUT2D eigenvalue weighted by atomic mass is 16.5. The van der Waals surface area contributed by atoms with Crippen LogP contribution in [0.15, 0.2) is 151 Å². The van der Waals surface area contributed by atoms with Gasteiger partial charge in [-0.1, -0.05) is 109 Å². The maximum Gasteiger partial charge on any atom is 0.238 e. The van der Waals surface area contributed by atoms with Gasteiger partial charge in [0.15, 0.2) is 28.8 Å². The van der Waals surface area contributed by atoms with E-state index in [1.807, 2.05) is 72.8 Å². The lowest BCUT2D eigenvalue weighted by molar-refractivity contribution is -0.135. The van der Waals surface area contributed by atoms with Gasteiger partial charge in [-0.3, -0.25) is 28.9 Å².